The second kappa shape index (κ2) is 9.73. The van der Waals surface area contributed by atoms with Crippen molar-refractivity contribution in [2.24, 2.45) is 0 Å². The molecule has 0 aliphatic carbocycles. The lowest BCUT2D eigenvalue weighted by Gasteiger charge is -2.13. The largest absolute Gasteiger partial charge is 0.261 e. The monoisotopic (exact) mass is 391 g/mol. The van der Waals surface area contributed by atoms with Gasteiger partial charge in [-0.2, -0.15) is 0 Å². The molecule has 0 fully saturated rings. The summed E-state index contributed by atoms with van der Waals surface area (Å²) < 4.78 is 14.2. The fraction of sp³-hybridized carbons (Fsp3) is 0.400. The van der Waals surface area contributed by atoms with Gasteiger partial charge in [0.15, 0.2) is 0 Å². The Morgan fingerprint density at radius 1 is 0.724 bits per heavy atom. The molecule has 0 aliphatic heterocycles. The first-order valence-corrected chi connectivity index (χ1v) is 10.6. The molecule has 0 saturated heterocycles. The van der Waals surface area contributed by atoms with E-state index in [1.54, 1.807) is 12.3 Å². The summed E-state index contributed by atoms with van der Waals surface area (Å²) in [7, 11) is 0. The van der Waals surface area contributed by atoms with Crippen LogP contribution in [0.5, 0.6) is 0 Å². The van der Waals surface area contributed by atoms with Crippen LogP contribution in [0, 0.1) is 12.7 Å². The molecule has 152 valence electrons. The average molecular weight is 392 g/mol. The molecular formula is C25H30FN3. The number of halogens is 1. The van der Waals surface area contributed by atoms with Gasteiger partial charge in [0, 0.05) is 42.8 Å². The molecule has 0 saturated carbocycles. The molecule has 0 amide bonds. The van der Waals surface area contributed by atoms with Crippen molar-refractivity contribution in [1.29, 1.82) is 0 Å². The molecule has 3 rings (SSSR count). The van der Waals surface area contributed by atoms with Gasteiger partial charge in [0.25, 0.3) is 0 Å². The van der Waals surface area contributed by atoms with E-state index in [1.165, 1.54) is 22.4 Å². The first-order valence-electron chi connectivity index (χ1n) is 10.6. The lowest BCUT2D eigenvalue weighted by Crippen LogP contribution is -2.04. The van der Waals surface area contributed by atoms with Gasteiger partial charge in [-0.1, -0.05) is 39.3 Å². The molecule has 3 heterocycles. The standard InChI is InChI=1S/C25H30FN3/c1-5-8-25-20(9-17(4)14-27-25)10-18-11-21(23(6-2)28-15-18)12-19-13-22(26)24(7-3)29-16-19/h9,11,13-16H,5-8,10,12H2,1-4H3. The maximum absolute atomic E-state index is 14.2. The Hall–Kier alpha value is -2.62. The Morgan fingerprint density at radius 3 is 1.93 bits per heavy atom. The Kier molecular flexibility index (Phi) is 7.08. The van der Waals surface area contributed by atoms with Crippen LogP contribution < -0.4 is 0 Å². The van der Waals surface area contributed by atoms with Gasteiger partial charge in [-0.3, -0.25) is 15.0 Å². The van der Waals surface area contributed by atoms with Crippen LogP contribution in [0.1, 0.15) is 72.1 Å². The molecule has 0 aromatic carbocycles. The smallest absolute Gasteiger partial charge is 0.144 e. The van der Waals surface area contributed by atoms with Crippen molar-refractivity contribution < 1.29 is 4.39 Å². The first-order chi connectivity index (χ1) is 14.0. The molecule has 0 bridgehead atoms. The summed E-state index contributed by atoms with van der Waals surface area (Å²) >= 11 is 0. The number of aromatic nitrogens is 3. The SMILES string of the molecule is CCCc1ncc(C)cc1Cc1cnc(CC)c(Cc2cnc(CC)c(F)c2)c1. The van der Waals surface area contributed by atoms with E-state index in [-0.39, 0.29) is 5.82 Å². The van der Waals surface area contributed by atoms with Crippen molar-refractivity contribution in [2.75, 3.05) is 0 Å². The molecule has 0 spiro atoms. The summed E-state index contributed by atoms with van der Waals surface area (Å²) in [6.45, 7) is 8.28. The summed E-state index contributed by atoms with van der Waals surface area (Å²) in [4.78, 5) is 13.6. The maximum atomic E-state index is 14.2. The van der Waals surface area contributed by atoms with Gasteiger partial charge in [-0.25, -0.2) is 4.39 Å². The summed E-state index contributed by atoms with van der Waals surface area (Å²) in [5, 5.41) is 0. The zero-order valence-corrected chi connectivity index (χ0v) is 17.9. The van der Waals surface area contributed by atoms with Gasteiger partial charge < -0.3 is 0 Å². The molecule has 0 radical (unpaired) electrons. The van der Waals surface area contributed by atoms with Crippen molar-refractivity contribution in [1.82, 2.24) is 15.0 Å². The highest BCUT2D eigenvalue weighted by Gasteiger charge is 2.11. The molecule has 0 N–H and O–H groups in total. The van der Waals surface area contributed by atoms with Gasteiger partial charge in [0.1, 0.15) is 5.82 Å². The van der Waals surface area contributed by atoms with E-state index in [0.29, 0.717) is 18.5 Å². The molecule has 3 aromatic heterocycles. The van der Waals surface area contributed by atoms with Gasteiger partial charge >= 0.3 is 0 Å². The van der Waals surface area contributed by atoms with Crippen LogP contribution in [0.25, 0.3) is 0 Å². The van der Waals surface area contributed by atoms with E-state index in [1.807, 2.05) is 19.3 Å². The normalized spacial score (nSPS) is 11.1. The van der Waals surface area contributed by atoms with Crippen LogP contribution in [0.3, 0.4) is 0 Å². The molecule has 0 atom stereocenters. The van der Waals surface area contributed by atoms with Crippen LogP contribution in [0.15, 0.2) is 36.8 Å². The van der Waals surface area contributed by atoms with Gasteiger partial charge in [-0.05, 0) is 60.1 Å². The third-order valence-electron chi connectivity index (χ3n) is 5.23. The van der Waals surface area contributed by atoms with Crippen LogP contribution >= 0.6 is 0 Å². The lowest BCUT2D eigenvalue weighted by atomic mass is 9.97. The minimum atomic E-state index is -0.220. The Labute approximate surface area is 173 Å². The number of pyridine rings is 3. The highest BCUT2D eigenvalue weighted by atomic mass is 19.1. The van der Waals surface area contributed by atoms with Gasteiger partial charge in [-0.15, -0.1) is 0 Å². The van der Waals surface area contributed by atoms with E-state index in [9.17, 15) is 4.39 Å². The predicted octanol–water partition coefficient (Wildman–Crippen LogP) is 5.58. The highest BCUT2D eigenvalue weighted by Crippen LogP contribution is 2.20. The molecule has 3 nitrogen and oxygen atoms in total. The van der Waals surface area contributed by atoms with Crippen molar-refractivity contribution in [3.63, 3.8) is 0 Å². The molecule has 3 aromatic rings. The zero-order valence-electron chi connectivity index (χ0n) is 17.9. The quantitative estimate of drug-likeness (QED) is 0.503. The van der Waals surface area contributed by atoms with E-state index < -0.39 is 0 Å². The third-order valence-corrected chi connectivity index (χ3v) is 5.23. The van der Waals surface area contributed by atoms with Gasteiger partial charge in [0.05, 0.1) is 5.69 Å². The number of hydrogen-bond donors (Lipinski definition) is 0. The van der Waals surface area contributed by atoms with Crippen molar-refractivity contribution in [2.45, 2.75) is 66.2 Å². The maximum Gasteiger partial charge on any atom is 0.144 e. The Morgan fingerprint density at radius 2 is 1.31 bits per heavy atom. The molecule has 29 heavy (non-hydrogen) atoms. The molecule has 0 aliphatic rings. The van der Waals surface area contributed by atoms with Crippen LogP contribution in [-0.2, 0) is 32.1 Å². The van der Waals surface area contributed by atoms with E-state index in [4.69, 9.17) is 4.98 Å². The zero-order chi connectivity index (χ0) is 20.8. The average Bonchev–Trinajstić information content (AvgIpc) is 2.70. The summed E-state index contributed by atoms with van der Waals surface area (Å²) in [5.41, 5.74) is 8.39. The third kappa shape index (κ3) is 5.26. The Bertz CT molecular complexity index is 982. The predicted molar refractivity (Wildman–Crippen MR) is 116 cm³/mol. The number of nitrogens with zero attached hydrogens (tertiary/aromatic N) is 3. The van der Waals surface area contributed by atoms with Crippen LogP contribution in [-0.4, -0.2) is 15.0 Å². The fourth-order valence-corrected chi connectivity index (χ4v) is 3.73. The number of rotatable bonds is 8. The topological polar surface area (TPSA) is 38.7 Å². The number of aryl methyl sites for hydroxylation is 4. The minimum absolute atomic E-state index is 0.220. The van der Waals surface area contributed by atoms with Crippen molar-refractivity contribution in [3.05, 3.63) is 87.5 Å². The minimum Gasteiger partial charge on any atom is -0.261 e. The second-order valence-electron chi connectivity index (χ2n) is 7.65. The molecular weight excluding hydrogens is 361 g/mol. The van der Waals surface area contributed by atoms with Crippen molar-refractivity contribution >= 4 is 0 Å². The van der Waals surface area contributed by atoms with E-state index in [2.05, 4.69) is 42.9 Å². The summed E-state index contributed by atoms with van der Waals surface area (Å²) in [6.07, 6.45) is 10.7. The fourth-order valence-electron chi connectivity index (χ4n) is 3.73. The molecule has 4 heteroatoms. The van der Waals surface area contributed by atoms with Crippen LogP contribution in [0.4, 0.5) is 4.39 Å². The molecule has 0 unspecified atom stereocenters. The first kappa shape index (κ1) is 21.1. The highest BCUT2D eigenvalue weighted by molar-refractivity contribution is 5.36. The summed E-state index contributed by atoms with van der Waals surface area (Å²) in [6, 6.07) is 6.06. The summed E-state index contributed by atoms with van der Waals surface area (Å²) in [5.74, 6) is -0.220. The van der Waals surface area contributed by atoms with E-state index in [0.717, 1.165) is 42.5 Å². The number of hydrogen-bond acceptors (Lipinski definition) is 3. The lowest BCUT2D eigenvalue weighted by molar-refractivity contribution is 0.599. The Balaban J connectivity index is 1.89. The van der Waals surface area contributed by atoms with E-state index >= 15 is 0 Å². The second-order valence-corrected chi connectivity index (χ2v) is 7.65. The van der Waals surface area contributed by atoms with Gasteiger partial charge in [0.2, 0.25) is 0 Å². The van der Waals surface area contributed by atoms with Crippen LogP contribution in [0.2, 0.25) is 0 Å². The van der Waals surface area contributed by atoms with Crippen molar-refractivity contribution in [3.8, 4) is 0 Å².